The summed E-state index contributed by atoms with van der Waals surface area (Å²) < 4.78 is 4.65. The van der Waals surface area contributed by atoms with Gasteiger partial charge in [-0.25, -0.2) is 4.79 Å². The Labute approximate surface area is 144 Å². The second kappa shape index (κ2) is 7.19. The van der Waals surface area contributed by atoms with Crippen LogP contribution in [0.5, 0.6) is 0 Å². The van der Waals surface area contributed by atoms with Crippen LogP contribution in [0, 0.1) is 0 Å². The molecule has 1 aromatic rings. The Morgan fingerprint density at radius 2 is 1.88 bits per heavy atom. The molecule has 24 heavy (non-hydrogen) atoms. The van der Waals surface area contributed by atoms with E-state index in [2.05, 4.69) is 9.64 Å². The zero-order valence-electron chi connectivity index (χ0n) is 13.4. The van der Waals surface area contributed by atoms with E-state index in [4.69, 9.17) is 0 Å². The molecule has 2 heterocycles. The molecule has 2 fully saturated rings. The summed E-state index contributed by atoms with van der Waals surface area (Å²) in [6.07, 6.45) is 3.90. The number of rotatable bonds is 4. The van der Waals surface area contributed by atoms with E-state index in [9.17, 15) is 14.4 Å². The SMILES string of the molecule is COC(=O)c1ccc(/C=C2\SC(=O)N(CN3CCCC3)C2=O)cc1. The molecule has 2 aliphatic heterocycles. The van der Waals surface area contributed by atoms with Crippen LogP contribution in [0.4, 0.5) is 4.79 Å². The number of esters is 1. The highest BCUT2D eigenvalue weighted by Gasteiger charge is 2.36. The van der Waals surface area contributed by atoms with E-state index in [0.717, 1.165) is 43.3 Å². The number of amides is 2. The molecule has 126 valence electrons. The monoisotopic (exact) mass is 346 g/mol. The van der Waals surface area contributed by atoms with Crippen molar-refractivity contribution in [1.29, 1.82) is 0 Å². The molecule has 0 radical (unpaired) electrons. The fourth-order valence-corrected chi connectivity index (χ4v) is 3.56. The van der Waals surface area contributed by atoms with E-state index in [0.29, 0.717) is 17.1 Å². The van der Waals surface area contributed by atoms with Gasteiger partial charge in [-0.3, -0.25) is 19.4 Å². The number of imide groups is 1. The van der Waals surface area contributed by atoms with Crippen LogP contribution < -0.4 is 0 Å². The highest BCUT2D eigenvalue weighted by molar-refractivity contribution is 8.18. The highest BCUT2D eigenvalue weighted by Crippen LogP contribution is 2.32. The number of nitrogens with zero attached hydrogens (tertiary/aromatic N) is 2. The van der Waals surface area contributed by atoms with Crippen molar-refractivity contribution in [2.24, 2.45) is 0 Å². The van der Waals surface area contributed by atoms with Gasteiger partial charge in [0.2, 0.25) is 0 Å². The van der Waals surface area contributed by atoms with Gasteiger partial charge >= 0.3 is 5.97 Å². The minimum Gasteiger partial charge on any atom is -0.465 e. The van der Waals surface area contributed by atoms with Gasteiger partial charge in [0.1, 0.15) is 0 Å². The molecule has 0 aromatic heterocycles. The van der Waals surface area contributed by atoms with E-state index < -0.39 is 5.97 Å². The number of thioether (sulfide) groups is 1. The number of hydrogen-bond donors (Lipinski definition) is 0. The summed E-state index contributed by atoms with van der Waals surface area (Å²) in [6, 6.07) is 6.71. The molecule has 0 spiro atoms. The summed E-state index contributed by atoms with van der Waals surface area (Å²) in [5.74, 6) is -0.665. The molecule has 2 amide bonds. The molecule has 7 heteroatoms. The zero-order chi connectivity index (χ0) is 17.1. The molecule has 2 aliphatic rings. The van der Waals surface area contributed by atoms with Crippen molar-refractivity contribution >= 4 is 35.0 Å². The number of hydrogen-bond acceptors (Lipinski definition) is 6. The van der Waals surface area contributed by atoms with Crippen molar-refractivity contribution in [3.8, 4) is 0 Å². The summed E-state index contributed by atoms with van der Waals surface area (Å²) >= 11 is 0.955. The van der Waals surface area contributed by atoms with E-state index >= 15 is 0 Å². The second-order valence-electron chi connectivity index (χ2n) is 5.69. The van der Waals surface area contributed by atoms with Gasteiger partial charge in [0, 0.05) is 0 Å². The van der Waals surface area contributed by atoms with Gasteiger partial charge in [-0.1, -0.05) is 12.1 Å². The Balaban J connectivity index is 1.72. The molecular weight excluding hydrogens is 328 g/mol. The van der Waals surface area contributed by atoms with Crippen LogP contribution in [0.2, 0.25) is 0 Å². The lowest BCUT2D eigenvalue weighted by Crippen LogP contribution is -2.38. The predicted octanol–water partition coefficient (Wildman–Crippen LogP) is 2.56. The summed E-state index contributed by atoms with van der Waals surface area (Å²) in [6.45, 7) is 2.22. The lowest BCUT2D eigenvalue weighted by Gasteiger charge is -2.20. The van der Waals surface area contributed by atoms with Crippen molar-refractivity contribution in [3.05, 3.63) is 40.3 Å². The number of methoxy groups -OCH3 is 1. The maximum absolute atomic E-state index is 12.4. The summed E-state index contributed by atoms with van der Waals surface area (Å²) in [5.41, 5.74) is 1.20. The topological polar surface area (TPSA) is 66.9 Å². The van der Waals surface area contributed by atoms with Crippen LogP contribution >= 0.6 is 11.8 Å². The second-order valence-corrected chi connectivity index (χ2v) is 6.68. The third kappa shape index (κ3) is 3.52. The number of ether oxygens (including phenoxy) is 1. The van der Waals surface area contributed by atoms with Crippen LogP contribution in [-0.4, -0.2) is 53.8 Å². The van der Waals surface area contributed by atoms with Crippen molar-refractivity contribution in [2.75, 3.05) is 26.9 Å². The third-order valence-corrected chi connectivity index (χ3v) is 4.95. The largest absolute Gasteiger partial charge is 0.465 e. The summed E-state index contributed by atoms with van der Waals surface area (Å²) in [4.78, 5) is 39.8. The first kappa shape index (κ1) is 16.7. The van der Waals surface area contributed by atoms with Gasteiger partial charge in [0.15, 0.2) is 0 Å². The molecule has 0 unspecified atom stereocenters. The van der Waals surface area contributed by atoms with Crippen LogP contribution in [0.3, 0.4) is 0 Å². The number of carbonyl (C=O) groups is 3. The molecule has 2 saturated heterocycles. The van der Waals surface area contributed by atoms with E-state index in [1.807, 2.05) is 0 Å². The van der Waals surface area contributed by atoms with Gasteiger partial charge in [-0.05, 0) is 61.5 Å². The Bertz CT molecular complexity index is 693. The quantitative estimate of drug-likeness (QED) is 0.617. The first-order valence-corrected chi connectivity index (χ1v) is 8.56. The Kier molecular flexibility index (Phi) is 5.01. The molecule has 1 aromatic carbocycles. The van der Waals surface area contributed by atoms with Gasteiger partial charge in [-0.15, -0.1) is 0 Å². The Morgan fingerprint density at radius 1 is 1.21 bits per heavy atom. The van der Waals surface area contributed by atoms with Crippen LogP contribution in [-0.2, 0) is 9.53 Å². The maximum Gasteiger partial charge on any atom is 0.337 e. The van der Waals surface area contributed by atoms with Gasteiger partial charge in [0.05, 0.1) is 24.2 Å². The Hall–Kier alpha value is -2.12. The molecule has 0 saturated carbocycles. The van der Waals surface area contributed by atoms with Gasteiger partial charge in [-0.2, -0.15) is 0 Å². The molecule has 0 bridgehead atoms. The van der Waals surface area contributed by atoms with Crippen molar-refractivity contribution in [1.82, 2.24) is 9.80 Å². The lowest BCUT2D eigenvalue weighted by atomic mass is 10.1. The molecule has 3 rings (SSSR count). The highest BCUT2D eigenvalue weighted by atomic mass is 32.2. The first-order chi connectivity index (χ1) is 11.6. The smallest absolute Gasteiger partial charge is 0.337 e. The van der Waals surface area contributed by atoms with Gasteiger partial charge in [0.25, 0.3) is 11.1 Å². The van der Waals surface area contributed by atoms with Crippen molar-refractivity contribution in [2.45, 2.75) is 12.8 Å². The summed E-state index contributed by atoms with van der Waals surface area (Å²) in [7, 11) is 1.33. The fourth-order valence-electron chi connectivity index (χ4n) is 2.73. The minimum absolute atomic E-state index is 0.232. The molecular formula is C17H18N2O4S. The van der Waals surface area contributed by atoms with Crippen LogP contribution in [0.1, 0.15) is 28.8 Å². The van der Waals surface area contributed by atoms with Crippen LogP contribution in [0.15, 0.2) is 29.2 Å². The standard InChI is InChI=1S/C17H18N2O4S/c1-23-16(21)13-6-4-12(5-7-13)10-14-15(20)19(17(22)24-14)11-18-8-2-3-9-18/h4-7,10H,2-3,8-9,11H2,1H3/b14-10-. The van der Waals surface area contributed by atoms with Crippen molar-refractivity contribution < 1.29 is 19.1 Å². The van der Waals surface area contributed by atoms with Gasteiger partial charge < -0.3 is 4.74 Å². The van der Waals surface area contributed by atoms with E-state index in [1.165, 1.54) is 12.0 Å². The fraction of sp³-hybridized carbons (Fsp3) is 0.353. The Morgan fingerprint density at radius 3 is 2.50 bits per heavy atom. The van der Waals surface area contributed by atoms with Crippen molar-refractivity contribution in [3.63, 3.8) is 0 Å². The molecule has 0 atom stereocenters. The van der Waals surface area contributed by atoms with Crippen LogP contribution in [0.25, 0.3) is 6.08 Å². The predicted molar refractivity (Wildman–Crippen MR) is 91.3 cm³/mol. The minimum atomic E-state index is -0.410. The zero-order valence-corrected chi connectivity index (χ0v) is 14.2. The van der Waals surface area contributed by atoms with E-state index in [-0.39, 0.29) is 11.1 Å². The molecule has 6 nitrogen and oxygen atoms in total. The number of benzene rings is 1. The number of likely N-dealkylation sites (tertiary alicyclic amines) is 1. The number of carbonyl (C=O) groups excluding carboxylic acids is 3. The average Bonchev–Trinajstić information content (AvgIpc) is 3.19. The summed E-state index contributed by atoms with van der Waals surface area (Å²) in [5, 5.41) is -0.232. The maximum atomic E-state index is 12.4. The normalized spacial score (nSPS) is 20.2. The lowest BCUT2D eigenvalue weighted by molar-refractivity contribution is -0.124. The first-order valence-electron chi connectivity index (χ1n) is 7.74. The molecule has 0 aliphatic carbocycles. The van der Waals surface area contributed by atoms with E-state index in [1.54, 1.807) is 30.3 Å². The molecule has 0 N–H and O–H groups in total. The third-order valence-electron chi connectivity index (χ3n) is 4.04. The average molecular weight is 346 g/mol.